The standard InChI is InChI=1S/C58H64F3N7O11S2/c1-35(37-6-8-40(9-7-37)53-36(2)63-34-80-53)64-55(72)46-28-44(70)30-67(46)56(73)54(57(3,4)5)65-49(71)31-77-25-24-76-26-27-78-45-20-16-42(17-21-45)68(32-58(59,60)61)81(74,75)48-29-47-50(38-12-18-43(69)19-13-38)51(52(48)79-47)39-10-14-41(15-11-39)66-23-22-62-33-66/h6-23,33-35,44,46-48,52,54,69-70H,24-32H2,1-5H3,(H,64,72)(H,65,71)/t35-,44+,46-,47?,48?,52?,54+/m0/s1. The SMILES string of the molecule is Cc1ncsc1-c1ccc([C@H](C)NC(=O)[C@@H]2C[C@@H](O)CN2C(=O)[C@@H](NC(=O)COCCOCCOc2ccc(N(CC(F)(F)F)S(=O)(=O)C3CC4OC3C(c3ccc(-n5ccnc5)cc3)=C4c3ccc(O)cc3)cc2)C(C)(C)C)cc1. The number of fused-ring (bicyclic) bond motifs is 2. The number of aromatic nitrogens is 3. The minimum absolute atomic E-state index is 0.00622. The number of sulfonamides is 1. The first kappa shape index (κ1) is 58.5. The molecule has 0 spiro atoms. The highest BCUT2D eigenvalue weighted by atomic mass is 32.2. The number of amides is 3. The number of phenolic OH excluding ortho intramolecular Hbond substituents is 1. The molecule has 5 heterocycles. The van der Waals surface area contributed by atoms with Gasteiger partial charge in [0.1, 0.15) is 54.7 Å². The molecule has 430 valence electrons. The van der Waals surface area contributed by atoms with Gasteiger partial charge in [-0.05, 0) is 108 Å². The van der Waals surface area contributed by atoms with Crippen LogP contribution in [0.3, 0.4) is 0 Å². The average Bonchev–Trinajstić information content (AvgIpc) is 4.51. The fourth-order valence-electron chi connectivity index (χ4n) is 10.4. The third-order valence-electron chi connectivity index (χ3n) is 14.4. The number of phenols is 1. The van der Waals surface area contributed by atoms with Crippen molar-refractivity contribution in [1.82, 2.24) is 30.1 Å². The largest absolute Gasteiger partial charge is 0.508 e. The summed E-state index contributed by atoms with van der Waals surface area (Å²) in [5.41, 5.74) is 6.90. The van der Waals surface area contributed by atoms with Crippen molar-refractivity contribution in [2.75, 3.05) is 50.4 Å². The van der Waals surface area contributed by atoms with Crippen molar-refractivity contribution < 1.29 is 65.1 Å². The number of thiazole rings is 1. The van der Waals surface area contributed by atoms with Gasteiger partial charge in [0, 0.05) is 31.0 Å². The quantitative estimate of drug-likeness (QED) is 0.0481. The number of aliphatic hydroxyl groups is 1. The lowest BCUT2D eigenvalue weighted by Gasteiger charge is -2.35. The molecule has 3 aliphatic heterocycles. The fourth-order valence-corrected chi connectivity index (χ4v) is 13.2. The second kappa shape index (κ2) is 24.5. The zero-order valence-corrected chi connectivity index (χ0v) is 46.8. The van der Waals surface area contributed by atoms with E-state index in [0.717, 1.165) is 27.4 Å². The molecule has 3 amide bonds. The van der Waals surface area contributed by atoms with Crippen LogP contribution >= 0.6 is 11.3 Å². The van der Waals surface area contributed by atoms with Crippen molar-refractivity contribution in [3.05, 3.63) is 144 Å². The van der Waals surface area contributed by atoms with Crippen LogP contribution in [0, 0.1) is 12.3 Å². The van der Waals surface area contributed by atoms with Gasteiger partial charge < -0.3 is 49.3 Å². The number of benzene rings is 4. The number of hydrogen-bond donors (Lipinski definition) is 4. The van der Waals surface area contributed by atoms with Gasteiger partial charge in [-0.25, -0.2) is 18.4 Å². The Hall–Kier alpha value is -7.15. The van der Waals surface area contributed by atoms with Gasteiger partial charge in [0.2, 0.25) is 27.7 Å². The van der Waals surface area contributed by atoms with E-state index < -0.39 is 94.2 Å². The van der Waals surface area contributed by atoms with E-state index in [9.17, 15) is 46.2 Å². The molecule has 2 fully saturated rings. The highest BCUT2D eigenvalue weighted by Crippen LogP contribution is 2.52. The van der Waals surface area contributed by atoms with Crippen LogP contribution < -0.4 is 19.7 Å². The Morgan fingerprint density at radius 1 is 0.864 bits per heavy atom. The molecular weight excluding hydrogens is 1090 g/mol. The lowest BCUT2D eigenvalue weighted by Crippen LogP contribution is -2.58. The van der Waals surface area contributed by atoms with Gasteiger partial charge in [-0.3, -0.25) is 18.7 Å². The number of aromatic hydroxyl groups is 1. The minimum Gasteiger partial charge on any atom is -0.508 e. The zero-order chi connectivity index (χ0) is 57.8. The first-order valence-corrected chi connectivity index (χ1v) is 28.8. The topological polar surface area (TPSA) is 224 Å². The number of nitrogens with one attached hydrogen (secondary N) is 2. The molecule has 4 N–H and O–H groups in total. The molecule has 6 aromatic rings. The summed E-state index contributed by atoms with van der Waals surface area (Å²) in [5.74, 6) is -1.26. The van der Waals surface area contributed by atoms with Gasteiger partial charge >= 0.3 is 6.18 Å². The summed E-state index contributed by atoms with van der Waals surface area (Å²) >= 11 is 1.55. The van der Waals surface area contributed by atoms with Crippen molar-refractivity contribution in [3.8, 4) is 27.6 Å². The number of aliphatic hydroxyl groups excluding tert-OH is 1. The van der Waals surface area contributed by atoms with E-state index in [-0.39, 0.29) is 63.0 Å². The number of likely N-dealkylation sites (tertiary alicyclic amines) is 1. The number of rotatable bonds is 22. The first-order valence-electron chi connectivity index (χ1n) is 26.4. The maximum Gasteiger partial charge on any atom is 0.407 e. The number of carbonyl (C=O) groups excluding carboxylic acids is 3. The van der Waals surface area contributed by atoms with Gasteiger partial charge in [-0.1, -0.05) is 69.3 Å². The van der Waals surface area contributed by atoms with Crippen molar-refractivity contribution in [2.24, 2.45) is 5.41 Å². The van der Waals surface area contributed by atoms with Crippen LogP contribution in [0.5, 0.6) is 11.5 Å². The number of halogens is 3. The summed E-state index contributed by atoms with van der Waals surface area (Å²) in [7, 11) is -4.74. The predicted octanol–water partition coefficient (Wildman–Crippen LogP) is 7.64. The summed E-state index contributed by atoms with van der Waals surface area (Å²) in [5, 5.41) is 25.0. The number of hydrogen-bond acceptors (Lipinski definition) is 14. The number of ether oxygens (including phenoxy) is 4. The van der Waals surface area contributed by atoms with E-state index in [1.54, 1.807) is 85.2 Å². The monoisotopic (exact) mass is 1160 g/mol. The average molecular weight is 1160 g/mol. The Labute approximate surface area is 471 Å². The number of nitrogens with zero attached hydrogens (tertiary/aromatic N) is 5. The van der Waals surface area contributed by atoms with Crippen LogP contribution in [-0.4, -0.2) is 144 Å². The molecule has 7 atom stereocenters. The highest BCUT2D eigenvalue weighted by Gasteiger charge is 2.55. The Balaban J connectivity index is 0.748. The van der Waals surface area contributed by atoms with Gasteiger partial charge in [-0.15, -0.1) is 11.3 Å². The van der Waals surface area contributed by atoms with Gasteiger partial charge in [0.15, 0.2) is 0 Å². The first-order chi connectivity index (χ1) is 38.5. The zero-order valence-electron chi connectivity index (χ0n) is 45.2. The Bertz CT molecular complexity index is 3300. The Morgan fingerprint density at radius 3 is 2.16 bits per heavy atom. The minimum atomic E-state index is -4.90. The van der Waals surface area contributed by atoms with E-state index >= 15 is 0 Å². The number of anilines is 1. The van der Waals surface area contributed by atoms with Crippen LogP contribution in [0.15, 0.2) is 121 Å². The van der Waals surface area contributed by atoms with Crippen molar-refractivity contribution in [2.45, 2.75) is 95.3 Å². The maximum atomic E-state index is 14.6. The summed E-state index contributed by atoms with van der Waals surface area (Å²) in [6, 6.07) is 24.2. The van der Waals surface area contributed by atoms with E-state index in [0.29, 0.717) is 26.6 Å². The molecule has 3 aliphatic rings. The third-order valence-corrected chi connectivity index (χ3v) is 17.6. The molecule has 23 heteroatoms. The predicted molar refractivity (Wildman–Crippen MR) is 298 cm³/mol. The molecular formula is C58H64F3N7O11S2. The van der Waals surface area contributed by atoms with E-state index in [1.165, 1.54) is 41.3 Å². The second-order valence-electron chi connectivity index (χ2n) is 21.3. The molecule has 2 aromatic heterocycles. The normalized spacial score (nSPS) is 19.9. The lowest BCUT2D eigenvalue weighted by molar-refractivity contribution is -0.144. The molecule has 4 aromatic carbocycles. The Kier molecular flexibility index (Phi) is 17.7. The van der Waals surface area contributed by atoms with Crippen LogP contribution in [0.2, 0.25) is 0 Å². The molecule has 2 saturated heterocycles. The Morgan fingerprint density at radius 2 is 1.52 bits per heavy atom. The van der Waals surface area contributed by atoms with E-state index in [1.807, 2.05) is 50.2 Å². The molecule has 9 rings (SSSR count). The molecule has 2 bridgehead atoms. The number of alkyl halides is 3. The van der Waals surface area contributed by atoms with Crippen LogP contribution in [-0.2, 0) is 38.6 Å². The van der Waals surface area contributed by atoms with Gasteiger partial charge in [-0.2, -0.15) is 13.2 Å². The van der Waals surface area contributed by atoms with Crippen LogP contribution in [0.4, 0.5) is 18.9 Å². The molecule has 0 saturated carbocycles. The maximum absolute atomic E-state index is 14.6. The molecule has 0 aliphatic carbocycles. The third kappa shape index (κ3) is 13.6. The van der Waals surface area contributed by atoms with Gasteiger partial charge in [0.05, 0.1) is 66.2 Å². The van der Waals surface area contributed by atoms with Crippen molar-refractivity contribution >= 4 is 55.9 Å². The number of imidazole rings is 1. The van der Waals surface area contributed by atoms with Crippen LogP contribution in [0.1, 0.15) is 69.0 Å². The summed E-state index contributed by atoms with van der Waals surface area (Å²) in [6.45, 7) is 6.95. The lowest BCUT2D eigenvalue weighted by atomic mass is 9.83. The van der Waals surface area contributed by atoms with E-state index in [2.05, 4.69) is 20.6 Å². The summed E-state index contributed by atoms with van der Waals surface area (Å²) < 4.78 is 97.4. The molecule has 81 heavy (non-hydrogen) atoms. The number of β-amino-alcohol motifs (C(OH)–C–C–N with tert-alkyl or cyclic N) is 1. The van der Waals surface area contributed by atoms with Crippen molar-refractivity contribution in [3.63, 3.8) is 0 Å². The molecule has 0 radical (unpaired) electrons. The smallest absolute Gasteiger partial charge is 0.407 e. The highest BCUT2D eigenvalue weighted by molar-refractivity contribution is 7.93. The van der Waals surface area contributed by atoms with Crippen LogP contribution in [0.25, 0.3) is 27.3 Å². The number of aryl methyl sites for hydroxylation is 1. The number of carbonyl (C=O) groups is 3. The summed E-state index contributed by atoms with van der Waals surface area (Å²) in [4.78, 5) is 51.7. The van der Waals surface area contributed by atoms with E-state index in [4.69, 9.17) is 18.9 Å². The fraction of sp³-hybridized carbons (Fsp3) is 0.397. The molecule has 3 unspecified atom stereocenters. The summed E-state index contributed by atoms with van der Waals surface area (Å²) in [6.07, 6.45) is -2.77. The van der Waals surface area contributed by atoms with Gasteiger partial charge in [0.25, 0.3) is 0 Å². The second-order valence-corrected chi connectivity index (χ2v) is 24.2. The molecule has 18 nitrogen and oxygen atoms in total. The van der Waals surface area contributed by atoms with Crippen molar-refractivity contribution in [1.29, 1.82) is 0 Å².